The molecule has 8 nitrogen and oxygen atoms in total. The maximum atomic E-state index is 9.19. The molecule has 0 spiro atoms. The minimum Gasteiger partial charge on any atom is -0.436 e. The first-order valence-electron chi connectivity index (χ1n) is 9.44. The van der Waals surface area contributed by atoms with Gasteiger partial charge in [0.1, 0.15) is 24.3 Å². The monoisotopic (exact) mass is 412 g/mol. The SMILES string of the molecule is N#CC(C#N)=C1Nc2cc3ccc4c5c(cc6ccc(c2O1)c3c64)NC(=C(C#N)C#N)O5. The van der Waals surface area contributed by atoms with E-state index in [0.717, 1.165) is 32.3 Å². The molecule has 0 fully saturated rings. The van der Waals surface area contributed by atoms with Crippen molar-refractivity contribution in [2.45, 2.75) is 0 Å². The highest BCUT2D eigenvalue weighted by atomic mass is 16.5. The van der Waals surface area contributed by atoms with E-state index in [4.69, 9.17) is 9.47 Å². The van der Waals surface area contributed by atoms with Gasteiger partial charge in [0.15, 0.2) is 22.6 Å². The van der Waals surface area contributed by atoms with Gasteiger partial charge >= 0.3 is 0 Å². The zero-order valence-electron chi connectivity index (χ0n) is 16.1. The van der Waals surface area contributed by atoms with Gasteiger partial charge in [-0.15, -0.1) is 0 Å². The maximum Gasteiger partial charge on any atom is 0.226 e. The van der Waals surface area contributed by atoms with Crippen LogP contribution in [0.5, 0.6) is 11.5 Å². The van der Waals surface area contributed by atoms with E-state index in [0.29, 0.717) is 22.9 Å². The highest BCUT2D eigenvalue weighted by Gasteiger charge is 2.28. The molecule has 2 aliphatic heterocycles. The van der Waals surface area contributed by atoms with Crippen molar-refractivity contribution in [2.75, 3.05) is 10.6 Å². The molecule has 0 unspecified atom stereocenters. The van der Waals surface area contributed by atoms with E-state index in [9.17, 15) is 21.0 Å². The average Bonchev–Trinajstić information content (AvgIpc) is 3.42. The van der Waals surface area contributed by atoms with Crippen LogP contribution in [0.1, 0.15) is 0 Å². The van der Waals surface area contributed by atoms with Crippen LogP contribution in [-0.4, -0.2) is 0 Å². The van der Waals surface area contributed by atoms with Crippen molar-refractivity contribution in [2.24, 2.45) is 0 Å². The molecule has 4 aromatic carbocycles. The van der Waals surface area contributed by atoms with Gasteiger partial charge in [0.05, 0.1) is 11.4 Å². The van der Waals surface area contributed by atoms with E-state index in [1.807, 2.05) is 60.7 Å². The number of rotatable bonds is 0. The number of nitrogens with one attached hydrogen (secondary N) is 2. The largest absolute Gasteiger partial charge is 0.436 e. The van der Waals surface area contributed by atoms with Crippen LogP contribution in [-0.2, 0) is 0 Å². The summed E-state index contributed by atoms with van der Waals surface area (Å²) in [5.74, 6) is 1.31. The second-order valence-corrected chi connectivity index (χ2v) is 7.24. The molecule has 0 aliphatic carbocycles. The van der Waals surface area contributed by atoms with Crippen LogP contribution < -0.4 is 20.1 Å². The Morgan fingerprint density at radius 1 is 0.625 bits per heavy atom. The smallest absolute Gasteiger partial charge is 0.226 e. The summed E-state index contributed by atoms with van der Waals surface area (Å²) in [6.07, 6.45) is 0. The number of hydrogen-bond acceptors (Lipinski definition) is 8. The van der Waals surface area contributed by atoms with Gasteiger partial charge in [-0.3, -0.25) is 0 Å². The van der Waals surface area contributed by atoms with E-state index < -0.39 is 0 Å². The first-order chi connectivity index (χ1) is 15.7. The quantitative estimate of drug-likeness (QED) is 0.313. The highest BCUT2D eigenvalue weighted by Crippen LogP contribution is 2.50. The summed E-state index contributed by atoms with van der Waals surface area (Å²) in [7, 11) is 0. The lowest BCUT2D eigenvalue weighted by Crippen LogP contribution is -2.00. The van der Waals surface area contributed by atoms with Gasteiger partial charge in [0.2, 0.25) is 11.8 Å². The van der Waals surface area contributed by atoms with E-state index in [1.165, 1.54) is 0 Å². The lowest BCUT2D eigenvalue weighted by molar-refractivity contribution is 0.459. The third-order valence-corrected chi connectivity index (χ3v) is 5.61. The molecule has 0 amide bonds. The topological polar surface area (TPSA) is 138 Å². The van der Waals surface area contributed by atoms with Crippen LogP contribution in [0.3, 0.4) is 0 Å². The molecular formula is C24H8N6O2. The second-order valence-electron chi connectivity index (χ2n) is 7.24. The normalized spacial score (nSPS) is 13.1. The summed E-state index contributed by atoms with van der Waals surface area (Å²) in [5, 5.41) is 48.2. The Morgan fingerprint density at radius 3 is 1.41 bits per heavy atom. The predicted molar refractivity (Wildman–Crippen MR) is 115 cm³/mol. The molecule has 8 heteroatoms. The van der Waals surface area contributed by atoms with Gasteiger partial charge in [-0.05, 0) is 35.0 Å². The van der Waals surface area contributed by atoms with E-state index in [-0.39, 0.29) is 22.9 Å². The third-order valence-electron chi connectivity index (χ3n) is 5.61. The number of nitrogens with zero attached hydrogens (tertiary/aromatic N) is 4. The fourth-order valence-electron chi connectivity index (χ4n) is 4.29. The molecule has 0 radical (unpaired) electrons. The number of benzene rings is 4. The van der Waals surface area contributed by atoms with Gasteiger partial charge in [-0.25, -0.2) is 0 Å². The minimum absolute atomic E-state index is 0.115. The summed E-state index contributed by atoms with van der Waals surface area (Å²) in [4.78, 5) is 0. The molecular weight excluding hydrogens is 404 g/mol. The van der Waals surface area contributed by atoms with Gasteiger partial charge in [0, 0.05) is 21.5 Å². The van der Waals surface area contributed by atoms with Crippen LogP contribution in [0.4, 0.5) is 11.4 Å². The lowest BCUT2D eigenvalue weighted by atomic mass is 9.92. The Kier molecular flexibility index (Phi) is 3.28. The van der Waals surface area contributed by atoms with Gasteiger partial charge in [0.25, 0.3) is 0 Å². The molecule has 2 heterocycles. The number of hydrogen-bond donors (Lipinski definition) is 2. The molecule has 0 saturated heterocycles. The molecule has 0 saturated carbocycles. The summed E-state index contributed by atoms with van der Waals surface area (Å²) in [6.45, 7) is 0. The molecule has 2 N–H and O–H groups in total. The Bertz CT molecular complexity index is 1610. The van der Waals surface area contributed by atoms with Crippen molar-refractivity contribution in [3.05, 3.63) is 59.3 Å². The number of fused-ring (bicyclic) bond motifs is 4. The van der Waals surface area contributed by atoms with Gasteiger partial charge < -0.3 is 20.1 Å². The molecule has 146 valence electrons. The fraction of sp³-hybridized carbons (Fsp3) is 0. The summed E-state index contributed by atoms with van der Waals surface area (Å²) in [6, 6.07) is 18.9. The number of ether oxygens (including phenoxy) is 2. The second kappa shape index (κ2) is 6.03. The van der Waals surface area contributed by atoms with Gasteiger partial charge in [-0.1, -0.05) is 12.1 Å². The van der Waals surface area contributed by atoms with Crippen molar-refractivity contribution in [3.63, 3.8) is 0 Å². The Balaban J connectivity index is 1.65. The van der Waals surface area contributed by atoms with Gasteiger partial charge in [-0.2, -0.15) is 21.0 Å². The third kappa shape index (κ3) is 2.10. The molecule has 2 aliphatic rings. The number of anilines is 2. The molecule has 6 rings (SSSR count). The molecule has 0 atom stereocenters. The van der Waals surface area contributed by atoms with Crippen molar-refractivity contribution >= 4 is 43.7 Å². The fourth-order valence-corrected chi connectivity index (χ4v) is 4.29. The van der Waals surface area contributed by atoms with E-state index >= 15 is 0 Å². The van der Waals surface area contributed by atoms with Crippen LogP contribution in [0.25, 0.3) is 32.3 Å². The van der Waals surface area contributed by atoms with Crippen molar-refractivity contribution in [1.82, 2.24) is 0 Å². The Labute approximate surface area is 180 Å². The van der Waals surface area contributed by atoms with Crippen molar-refractivity contribution in [1.29, 1.82) is 21.0 Å². The van der Waals surface area contributed by atoms with Crippen LogP contribution in [0.2, 0.25) is 0 Å². The number of allylic oxidation sites excluding steroid dienone is 2. The molecule has 4 aromatic rings. The zero-order chi connectivity index (χ0) is 22.0. The van der Waals surface area contributed by atoms with E-state index in [2.05, 4.69) is 10.6 Å². The molecule has 0 aromatic heterocycles. The first kappa shape index (κ1) is 17.4. The maximum absolute atomic E-state index is 9.19. The van der Waals surface area contributed by atoms with Crippen molar-refractivity contribution < 1.29 is 9.47 Å². The summed E-state index contributed by atoms with van der Waals surface area (Å²) >= 11 is 0. The number of nitriles is 4. The lowest BCUT2D eigenvalue weighted by Gasteiger charge is -2.14. The first-order valence-corrected chi connectivity index (χ1v) is 9.44. The Morgan fingerprint density at radius 2 is 1.03 bits per heavy atom. The summed E-state index contributed by atoms with van der Waals surface area (Å²) in [5.41, 5.74) is 1.08. The summed E-state index contributed by atoms with van der Waals surface area (Å²) < 4.78 is 11.8. The predicted octanol–water partition coefficient (Wildman–Crippen LogP) is 4.71. The van der Waals surface area contributed by atoms with Crippen LogP contribution in [0.15, 0.2) is 59.3 Å². The molecule has 32 heavy (non-hydrogen) atoms. The van der Waals surface area contributed by atoms with Crippen LogP contribution >= 0.6 is 0 Å². The average molecular weight is 412 g/mol. The minimum atomic E-state index is -0.134. The van der Waals surface area contributed by atoms with E-state index in [1.54, 1.807) is 0 Å². The standard InChI is InChI=1S/C24H8N6O2/c25-7-13(8-26)23-29-17-5-11-1-3-15-20-12(2-4-16(19(11)20)22(17)32-23)6-18-21(15)31-24(30-18)14(9-27)10-28/h1-6,29-30H. The zero-order valence-corrected chi connectivity index (χ0v) is 16.1. The van der Waals surface area contributed by atoms with Crippen molar-refractivity contribution in [3.8, 4) is 35.8 Å². The highest BCUT2D eigenvalue weighted by molar-refractivity contribution is 6.27. The Hall–Kier alpha value is -5.44. The molecule has 0 bridgehead atoms. The van der Waals surface area contributed by atoms with Crippen LogP contribution in [0, 0.1) is 45.3 Å².